The van der Waals surface area contributed by atoms with Gasteiger partial charge < -0.3 is 9.84 Å². The number of fused-ring (bicyclic) bond motifs is 2. The molecule has 5 heteroatoms. The molecule has 0 atom stereocenters. The van der Waals surface area contributed by atoms with Crippen LogP contribution in [0.15, 0.2) is 60.7 Å². The van der Waals surface area contributed by atoms with E-state index < -0.39 is 5.97 Å². The zero-order chi connectivity index (χ0) is 20.5. The van der Waals surface area contributed by atoms with Crippen molar-refractivity contribution < 1.29 is 19.4 Å². The van der Waals surface area contributed by atoms with Crippen LogP contribution in [0.25, 0.3) is 32.8 Å². The lowest BCUT2D eigenvalue weighted by atomic mass is 9.92. The quantitative estimate of drug-likeness (QED) is 0.399. The molecule has 4 aromatic rings. The van der Waals surface area contributed by atoms with Gasteiger partial charge in [-0.05, 0) is 35.6 Å². The van der Waals surface area contributed by atoms with Gasteiger partial charge in [0.05, 0.1) is 17.6 Å². The summed E-state index contributed by atoms with van der Waals surface area (Å²) in [5.41, 5.74) is 4.21. The van der Waals surface area contributed by atoms with E-state index in [1.807, 2.05) is 55.5 Å². The third-order valence-electron chi connectivity index (χ3n) is 4.86. The molecule has 0 spiro atoms. The monoisotopic (exact) mass is 385 g/mol. The smallest absolute Gasteiger partial charge is 0.309 e. The number of aromatic nitrogens is 1. The highest BCUT2D eigenvalue weighted by molar-refractivity contribution is 6.07. The van der Waals surface area contributed by atoms with Crippen LogP contribution in [0.4, 0.5) is 0 Å². The number of ether oxygens (including phenoxy) is 1. The summed E-state index contributed by atoms with van der Waals surface area (Å²) in [5.74, 6) is -0.775. The number of esters is 1. The van der Waals surface area contributed by atoms with Crippen molar-refractivity contribution in [2.75, 3.05) is 0 Å². The van der Waals surface area contributed by atoms with Crippen LogP contribution in [-0.2, 0) is 16.0 Å². The Morgan fingerprint density at radius 2 is 1.76 bits per heavy atom. The summed E-state index contributed by atoms with van der Waals surface area (Å²) in [5, 5.41) is 11.8. The molecule has 0 radical (unpaired) electrons. The lowest BCUT2D eigenvalue weighted by Crippen LogP contribution is -2.03. The number of pyridine rings is 1. The molecule has 1 N–H and O–H groups in total. The van der Waals surface area contributed by atoms with Crippen LogP contribution in [-0.4, -0.2) is 22.0 Å². The van der Waals surface area contributed by atoms with E-state index in [4.69, 9.17) is 9.84 Å². The number of carbonyl (C=O) groups excluding carboxylic acids is 1. The molecule has 5 nitrogen and oxygen atoms in total. The number of carboxylic acids is 1. The number of hydrogen-bond acceptors (Lipinski definition) is 4. The second kappa shape index (κ2) is 7.36. The predicted molar refractivity (Wildman–Crippen MR) is 112 cm³/mol. The molecule has 3 aromatic carbocycles. The van der Waals surface area contributed by atoms with E-state index in [9.17, 15) is 9.59 Å². The highest BCUT2D eigenvalue weighted by atomic mass is 16.5. The molecule has 4 rings (SSSR count). The Kier molecular flexibility index (Phi) is 4.72. The van der Waals surface area contributed by atoms with Gasteiger partial charge in [-0.2, -0.15) is 0 Å². The number of para-hydroxylation sites is 1. The molecule has 0 aliphatic rings. The standard InChI is InChI=1S/C24H19NO4/c1-14-9-12-18-19(6-4-8-21(18)29-15(2)26)23(14)20-7-3-5-16-10-11-17(13-22(27)28)25-24(16)20/h3-12H,13H2,1-2H3,(H,27,28). The fraction of sp³-hybridized carbons (Fsp3) is 0.125. The second-order valence-electron chi connectivity index (χ2n) is 6.95. The molecule has 144 valence electrons. The molecule has 1 aromatic heterocycles. The maximum atomic E-state index is 11.5. The van der Waals surface area contributed by atoms with Crippen molar-refractivity contribution in [3.8, 4) is 16.9 Å². The molecule has 0 saturated carbocycles. The van der Waals surface area contributed by atoms with Gasteiger partial charge >= 0.3 is 11.9 Å². The summed E-state index contributed by atoms with van der Waals surface area (Å²) in [6.45, 7) is 3.40. The van der Waals surface area contributed by atoms with E-state index >= 15 is 0 Å². The number of benzene rings is 3. The normalized spacial score (nSPS) is 11.0. The van der Waals surface area contributed by atoms with Crippen LogP contribution < -0.4 is 4.74 Å². The van der Waals surface area contributed by atoms with Crippen LogP contribution in [0.5, 0.6) is 5.75 Å². The van der Waals surface area contributed by atoms with Gasteiger partial charge in [-0.15, -0.1) is 0 Å². The molecule has 0 amide bonds. The maximum absolute atomic E-state index is 11.5. The molecule has 1 heterocycles. The van der Waals surface area contributed by atoms with Gasteiger partial charge in [0.15, 0.2) is 0 Å². The Morgan fingerprint density at radius 1 is 0.966 bits per heavy atom. The molecule has 0 aliphatic carbocycles. The number of carbonyl (C=O) groups is 2. The zero-order valence-corrected chi connectivity index (χ0v) is 16.1. The summed E-state index contributed by atoms with van der Waals surface area (Å²) in [6, 6.07) is 19.1. The maximum Gasteiger partial charge on any atom is 0.309 e. The third-order valence-corrected chi connectivity index (χ3v) is 4.86. The molecule has 0 aliphatic heterocycles. The van der Waals surface area contributed by atoms with Crippen molar-refractivity contribution in [2.45, 2.75) is 20.3 Å². The van der Waals surface area contributed by atoms with Gasteiger partial charge in [0.1, 0.15) is 5.75 Å². The van der Waals surface area contributed by atoms with Crippen LogP contribution in [0.2, 0.25) is 0 Å². The Balaban J connectivity index is 2.01. The Bertz CT molecular complexity index is 1280. The van der Waals surface area contributed by atoms with E-state index in [1.165, 1.54) is 6.92 Å². The van der Waals surface area contributed by atoms with Crippen molar-refractivity contribution in [3.05, 3.63) is 71.9 Å². The predicted octanol–water partition coefficient (Wildman–Crippen LogP) is 4.92. The molecular formula is C24H19NO4. The fourth-order valence-corrected chi connectivity index (χ4v) is 3.68. The molecule has 0 fully saturated rings. The number of hydrogen-bond donors (Lipinski definition) is 1. The van der Waals surface area contributed by atoms with Crippen molar-refractivity contribution in [2.24, 2.45) is 0 Å². The van der Waals surface area contributed by atoms with Crippen LogP contribution in [0.3, 0.4) is 0 Å². The molecular weight excluding hydrogens is 366 g/mol. The first-order valence-electron chi connectivity index (χ1n) is 9.25. The second-order valence-corrected chi connectivity index (χ2v) is 6.95. The zero-order valence-electron chi connectivity index (χ0n) is 16.1. The van der Waals surface area contributed by atoms with E-state index in [0.717, 1.165) is 38.4 Å². The van der Waals surface area contributed by atoms with Gasteiger partial charge in [-0.1, -0.05) is 48.5 Å². The summed E-state index contributed by atoms with van der Waals surface area (Å²) < 4.78 is 5.39. The van der Waals surface area contributed by atoms with Gasteiger partial charge in [-0.3, -0.25) is 14.6 Å². The summed E-state index contributed by atoms with van der Waals surface area (Å²) in [6.07, 6.45) is -0.130. The SMILES string of the molecule is CC(=O)Oc1cccc2c(-c3cccc4ccc(CC(=O)O)nc34)c(C)ccc12. The topological polar surface area (TPSA) is 76.5 Å². The molecule has 0 saturated heterocycles. The number of aryl methyl sites for hydroxylation is 1. The Hall–Kier alpha value is -3.73. The minimum Gasteiger partial charge on any atom is -0.481 e. The number of rotatable bonds is 4. The number of carboxylic acid groups (broad SMARTS) is 1. The van der Waals surface area contributed by atoms with Crippen molar-refractivity contribution in [1.82, 2.24) is 4.98 Å². The van der Waals surface area contributed by atoms with E-state index in [-0.39, 0.29) is 12.4 Å². The van der Waals surface area contributed by atoms with E-state index in [2.05, 4.69) is 4.98 Å². The van der Waals surface area contributed by atoms with Crippen LogP contribution in [0.1, 0.15) is 18.2 Å². The first kappa shape index (κ1) is 18.6. The minimum absolute atomic E-state index is 0.130. The van der Waals surface area contributed by atoms with Gasteiger partial charge in [0.25, 0.3) is 0 Å². The minimum atomic E-state index is -0.915. The first-order chi connectivity index (χ1) is 13.9. The van der Waals surface area contributed by atoms with Gasteiger partial charge in [-0.25, -0.2) is 0 Å². The summed E-state index contributed by atoms with van der Waals surface area (Å²) in [4.78, 5) is 27.3. The average Bonchev–Trinajstić information content (AvgIpc) is 2.67. The molecule has 29 heavy (non-hydrogen) atoms. The Labute approximate surface area is 167 Å². The average molecular weight is 385 g/mol. The summed E-state index contributed by atoms with van der Waals surface area (Å²) in [7, 11) is 0. The van der Waals surface area contributed by atoms with Crippen LogP contribution >= 0.6 is 0 Å². The van der Waals surface area contributed by atoms with E-state index in [1.54, 1.807) is 12.1 Å². The lowest BCUT2D eigenvalue weighted by molar-refractivity contribution is -0.136. The summed E-state index contributed by atoms with van der Waals surface area (Å²) >= 11 is 0. The fourth-order valence-electron chi connectivity index (χ4n) is 3.68. The van der Waals surface area contributed by atoms with Crippen molar-refractivity contribution in [1.29, 1.82) is 0 Å². The largest absolute Gasteiger partial charge is 0.481 e. The lowest BCUT2D eigenvalue weighted by Gasteiger charge is -2.15. The van der Waals surface area contributed by atoms with Gasteiger partial charge in [0, 0.05) is 23.3 Å². The third kappa shape index (κ3) is 3.55. The first-order valence-corrected chi connectivity index (χ1v) is 9.25. The number of aliphatic carboxylic acids is 1. The van der Waals surface area contributed by atoms with Crippen molar-refractivity contribution >= 4 is 33.6 Å². The highest BCUT2D eigenvalue weighted by Crippen LogP contribution is 2.38. The van der Waals surface area contributed by atoms with E-state index in [0.29, 0.717) is 11.4 Å². The Morgan fingerprint density at radius 3 is 2.52 bits per heavy atom. The van der Waals surface area contributed by atoms with Crippen LogP contribution in [0, 0.1) is 6.92 Å². The highest BCUT2D eigenvalue weighted by Gasteiger charge is 2.15. The number of nitrogens with zero attached hydrogens (tertiary/aromatic N) is 1. The van der Waals surface area contributed by atoms with Gasteiger partial charge in [0.2, 0.25) is 0 Å². The van der Waals surface area contributed by atoms with Crippen molar-refractivity contribution in [3.63, 3.8) is 0 Å². The molecule has 0 unspecified atom stereocenters. The molecule has 0 bridgehead atoms.